The molecule has 0 atom stereocenters. The first-order valence-electron chi connectivity index (χ1n) is 6.91. The zero-order valence-electron chi connectivity index (χ0n) is 12.2. The van der Waals surface area contributed by atoms with Gasteiger partial charge in [0, 0.05) is 13.5 Å². The van der Waals surface area contributed by atoms with Crippen LogP contribution in [0.2, 0.25) is 0 Å². The van der Waals surface area contributed by atoms with Crippen LogP contribution in [-0.4, -0.2) is 33.4 Å². The highest BCUT2D eigenvalue weighted by Crippen LogP contribution is 2.20. The molecule has 2 N–H and O–H groups in total. The Morgan fingerprint density at radius 2 is 2.11 bits per heavy atom. The Balaban J connectivity index is 2.30. The lowest BCUT2D eigenvalue weighted by Gasteiger charge is -2.11. The molecular weight excluding hydrogens is 238 g/mol. The number of hydrogen-bond donors (Lipinski definition) is 1. The second kappa shape index (κ2) is 9.59. The summed E-state index contributed by atoms with van der Waals surface area (Å²) in [4.78, 5) is 0. The van der Waals surface area contributed by atoms with Crippen LogP contribution in [0.5, 0.6) is 5.75 Å². The van der Waals surface area contributed by atoms with Gasteiger partial charge in [-0.25, -0.2) is 0 Å². The molecule has 1 rings (SSSR count). The van der Waals surface area contributed by atoms with E-state index in [1.807, 2.05) is 6.08 Å². The lowest BCUT2D eigenvalue weighted by molar-refractivity contribution is -0.656. The van der Waals surface area contributed by atoms with E-state index in [-0.39, 0.29) is 0 Å². The van der Waals surface area contributed by atoms with Gasteiger partial charge in [-0.05, 0) is 25.0 Å². The van der Waals surface area contributed by atoms with Crippen LogP contribution in [0.4, 0.5) is 0 Å². The Bertz CT molecular complexity index is 377. The van der Waals surface area contributed by atoms with Crippen molar-refractivity contribution in [3.63, 3.8) is 0 Å². The summed E-state index contributed by atoms with van der Waals surface area (Å²) in [7, 11) is 1.73. The Morgan fingerprint density at radius 3 is 2.84 bits per heavy atom. The fourth-order valence-corrected chi connectivity index (χ4v) is 1.92. The predicted molar refractivity (Wildman–Crippen MR) is 78.7 cm³/mol. The molecule has 0 spiro atoms. The van der Waals surface area contributed by atoms with Gasteiger partial charge in [0.05, 0.1) is 26.3 Å². The molecule has 0 aliphatic heterocycles. The standard InChI is InChI=1S/C16H25NO2/c1-4-6-15-13-14(2)7-8-16(15)19-11-5-9-17-10-12-18-3/h4,7-8,13,17H,1,5-6,9-12H2,2-3H3/p+1. The van der Waals surface area contributed by atoms with Gasteiger partial charge in [0.15, 0.2) is 0 Å². The van der Waals surface area contributed by atoms with Crippen molar-refractivity contribution in [3.05, 3.63) is 42.0 Å². The molecular formula is C16H26NO2+. The Kier molecular flexibility index (Phi) is 7.94. The van der Waals surface area contributed by atoms with Crippen molar-refractivity contribution in [2.24, 2.45) is 0 Å². The van der Waals surface area contributed by atoms with Crippen molar-refractivity contribution in [2.45, 2.75) is 19.8 Å². The van der Waals surface area contributed by atoms with Crippen LogP contribution in [0.1, 0.15) is 17.5 Å². The van der Waals surface area contributed by atoms with Gasteiger partial charge < -0.3 is 14.8 Å². The second-order valence-corrected chi connectivity index (χ2v) is 4.66. The van der Waals surface area contributed by atoms with Gasteiger partial charge in [0.25, 0.3) is 0 Å². The van der Waals surface area contributed by atoms with Crippen molar-refractivity contribution < 1.29 is 14.8 Å². The molecule has 0 aliphatic rings. The van der Waals surface area contributed by atoms with E-state index in [1.165, 1.54) is 11.1 Å². The van der Waals surface area contributed by atoms with Gasteiger partial charge in [-0.1, -0.05) is 23.8 Å². The second-order valence-electron chi connectivity index (χ2n) is 4.66. The number of nitrogens with two attached hydrogens (primary N) is 1. The number of hydrogen-bond acceptors (Lipinski definition) is 2. The number of ether oxygens (including phenoxy) is 2. The van der Waals surface area contributed by atoms with Crippen LogP contribution in [0, 0.1) is 6.92 Å². The summed E-state index contributed by atoms with van der Waals surface area (Å²) in [6.45, 7) is 9.55. The molecule has 0 fully saturated rings. The smallest absolute Gasteiger partial charge is 0.122 e. The van der Waals surface area contributed by atoms with E-state index in [9.17, 15) is 0 Å². The molecule has 1 aromatic carbocycles. The maximum absolute atomic E-state index is 5.85. The molecule has 0 radical (unpaired) electrons. The number of aryl methyl sites for hydroxylation is 1. The van der Waals surface area contributed by atoms with Gasteiger partial charge >= 0.3 is 0 Å². The average Bonchev–Trinajstić information content (AvgIpc) is 2.40. The number of allylic oxidation sites excluding steroid dienone is 1. The highest BCUT2D eigenvalue weighted by atomic mass is 16.5. The summed E-state index contributed by atoms with van der Waals surface area (Å²) < 4.78 is 10.9. The Hall–Kier alpha value is -1.32. The van der Waals surface area contributed by atoms with Crippen molar-refractivity contribution in [3.8, 4) is 5.75 Å². The monoisotopic (exact) mass is 264 g/mol. The van der Waals surface area contributed by atoms with Crippen LogP contribution >= 0.6 is 0 Å². The molecule has 0 saturated carbocycles. The third-order valence-electron chi connectivity index (χ3n) is 2.92. The van der Waals surface area contributed by atoms with Crippen molar-refractivity contribution in [1.29, 1.82) is 0 Å². The van der Waals surface area contributed by atoms with Gasteiger partial charge in [0.2, 0.25) is 0 Å². The van der Waals surface area contributed by atoms with E-state index in [0.717, 1.165) is 44.9 Å². The molecule has 19 heavy (non-hydrogen) atoms. The van der Waals surface area contributed by atoms with Crippen LogP contribution in [0.25, 0.3) is 0 Å². The molecule has 0 bridgehead atoms. The summed E-state index contributed by atoms with van der Waals surface area (Å²) in [6, 6.07) is 6.32. The van der Waals surface area contributed by atoms with E-state index in [4.69, 9.17) is 9.47 Å². The summed E-state index contributed by atoms with van der Waals surface area (Å²) >= 11 is 0. The normalized spacial score (nSPS) is 10.4. The molecule has 3 heteroatoms. The minimum Gasteiger partial charge on any atom is -0.493 e. The molecule has 106 valence electrons. The minimum atomic E-state index is 0.761. The molecule has 0 unspecified atom stereocenters. The molecule has 0 aliphatic carbocycles. The van der Waals surface area contributed by atoms with E-state index in [1.54, 1.807) is 7.11 Å². The Labute approximate surface area is 116 Å². The third kappa shape index (κ3) is 6.41. The lowest BCUT2D eigenvalue weighted by atomic mass is 10.1. The minimum absolute atomic E-state index is 0.761. The fraction of sp³-hybridized carbons (Fsp3) is 0.500. The molecule has 1 aromatic rings. The summed E-state index contributed by atoms with van der Waals surface area (Å²) in [5.41, 5.74) is 2.48. The molecule has 0 saturated heterocycles. The third-order valence-corrected chi connectivity index (χ3v) is 2.92. The van der Waals surface area contributed by atoms with Crippen LogP contribution in [-0.2, 0) is 11.2 Å². The fourth-order valence-electron chi connectivity index (χ4n) is 1.92. The maximum Gasteiger partial charge on any atom is 0.122 e. The first kappa shape index (κ1) is 15.7. The quantitative estimate of drug-likeness (QED) is 0.516. The first-order chi connectivity index (χ1) is 9.27. The zero-order chi connectivity index (χ0) is 13.9. The molecule has 3 nitrogen and oxygen atoms in total. The topological polar surface area (TPSA) is 35.1 Å². The molecule has 0 aromatic heterocycles. The summed E-state index contributed by atoms with van der Waals surface area (Å²) in [5.74, 6) is 0.988. The molecule has 0 heterocycles. The summed E-state index contributed by atoms with van der Waals surface area (Å²) in [5, 5.41) is 2.26. The van der Waals surface area contributed by atoms with E-state index < -0.39 is 0 Å². The number of quaternary nitrogens is 1. The van der Waals surface area contributed by atoms with Crippen LogP contribution in [0.15, 0.2) is 30.9 Å². The molecule has 0 amide bonds. The number of benzene rings is 1. The van der Waals surface area contributed by atoms with E-state index in [0.29, 0.717) is 0 Å². The predicted octanol–water partition coefficient (Wildman–Crippen LogP) is 1.70. The van der Waals surface area contributed by atoms with Gasteiger partial charge in [0.1, 0.15) is 5.75 Å². The van der Waals surface area contributed by atoms with E-state index in [2.05, 4.69) is 37.0 Å². The van der Waals surface area contributed by atoms with Crippen molar-refractivity contribution in [2.75, 3.05) is 33.4 Å². The van der Waals surface area contributed by atoms with Crippen molar-refractivity contribution in [1.82, 2.24) is 0 Å². The van der Waals surface area contributed by atoms with E-state index >= 15 is 0 Å². The SMILES string of the molecule is C=CCc1cc(C)ccc1OCCC[NH2+]CCOC. The lowest BCUT2D eigenvalue weighted by Crippen LogP contribution is -2.85. The van der Waals surface area contributed by atoms with Crippen LogP contribution in [0.3, 0.4) is 0 Å². The van der Waals surface area contributed by atoms with Crippen molar-refractivity contribution >= 4 is 0 Å². The van der Waals surface area contributed by atoms with Gasteiger partial charge in [-0.3, -0.25) is 0 Å². The maximum atomic E-state index is 5.85. The number of methoxy groups -OCH3 is 1. The highest BCUT2D eigenvalue weighted by Gasteiger charge is 2.03. The van der Waals surface area contributed by atoms with Crippen LogP contribution < -0.4 is 10.1 Å². The summed E-state index contributed by atoms with van der Waals surface area (Å²) in [6.07, 6.45) is 3.82. The largest absolute Gasteiger partial charge is 0.493 e. The van der Waals surface area contributed by atoms with Gasteiger partial charge in [-0.2, -0.15) is 0 Å². The highest BCUT2D eigenvalue weighted by molar-refractivity contribution is 5.38. The zero-order valence-corrected chi connectivity index (χ0v) is 12.2. The first-order valence-corrected chi connectivity index (χ1v) is 6.91. The number of rotatable bonds is 10. The average molecular weight is 264 g/mol. The van der Waals surface area contributed by atoms with Gasteiger partial charge in [-0.15, -0.1) is 6.58 Å². The Morgan fingerprint density at radius 1 is 1.26 bits per heavy atom.